The van der Waals surface area contributed by atoms with E-state index in [0.717, 1.165) is 61.3 Å². The molecule has 0 amide bonds. The minimum atomic E-state index is -0.860. The van der Waals surface area contributed by atoms with E-state index in [1.165, 1.54) is 6.07 Å². The van der Waals surface area contributed by atoms with Gasteiger partial charge in [-0.05, 0) is 77.4 Å². The Bertz CT molecular complexity index is 2690. The number of anilines is 4. The van der Waals surface area contributed by atoms with Crippen molar-refractivity contribution < 1.29 is 31.6 Å². The summed E-state index contributed by atoms with van der Waals surface area (Å²) in [6.07, 6.45) is 1.82. The Hall–Kier alpha value is -5.71. The largest absolute Gasteiger partial charge is 0.509 e. The molecular formula is C46H34FN4OPt-3. The standard InChI is InChI=1S/C46H34FN4O.Pt/c1-30(2)36-12-4-5-13-37(36)32-25-33(49-29-50(42-17-9-7-15-40(42)47)44-19-11-10-18-43(44)49)27-35(26-32)52-34-20-21-39-38-14-6-8-16-41(38)51(45(39)28-34)46-24-31(3)22-23-48-46;/h4-26,29-30H,1-3H3;/q-3;/i30D;. The number of ether oxygens (including phenoxy) is 1. The minimum absolute atomic E-state index is 0. The fourth-order valence-corrected chi connectivity index (χ4v) is 7.11. The molecule has 0 spiro atoms. The molecule has 0 aliphatic carbocycles. The van der Waals surface area contributed by atoms with E-state index in [0.29, 0.717) is 22.9 Å². The number of halogens is 1. The molecule has 0 fully saturated rings. The summed E-state index contributed by atoms with van der Waals surface area (Å²) in [5.74, 6) is 0.607. The van der Waals surface area contributed by atoms with E-state index in [1.54, 1.807) is 12.1 Å². The summed E-state index contributed by atoms with van der Waals surface area (Å²) in [7, 11) is 0. The molecule has 2 aromatic heterocycles. The van der Waals surface area contributed by atoms with Crippen LogP contribution < -0.4 is 14.5 Å². The van der Waals surface area contributed by atoms with Crippen LogP contribution in [0.4, 0.5) is 27.1 Å². The van der Waals surface area contributed by atoms with Gasteiger partial charge in [-0.1, -0.05) is 86.1 Å². The van der Waals surface area contributed by atoms with Crippen molar-refractivity contribution in [2.24, 2.45) is 0 Å². The van der Waals surface area contributed by atoms with Crippen LogP contribution in [0, 0.1) is 31.5 Å². The summed E-state index contributed by atoms with van der Waals surface area (Å²) in [6.45, 7) is 7.72. The number of hydrogen-bond acceptors (Lipinski definition) is 4. The maximum absolute atomic E-state index is 15.2. The average molecular weight is 874 g/mol. The van der Waals surface area contributed by atoms with Gasteiger partial charge in [0.2, 0.25) is 0 Å². The molecule has 264 valence electrons. The maximum Gasteiger partial charge on any atom is 0.144 e. The van der Waals surface area contributed by atoms with Crippen LogP contribution in [0.15, 0.2) is 140 Å². The zero-order valence-corrected chi connectivity index (χ0v) is 31.5. The van der Waals surface area contributed by atoms with Crippen LogP contribution in [0.25, 0.3) is 38.8 Å². The zero-order valence-electron chi connectivity index (χ0n) is 30.2. The van der Waals surface area contributed by atoms with Crippen LogP contribution in [-0.4, -0.2) is 9.55 Å². The van der Waals surface area contributed by atoms with Crippen molar-refractivity contribution in [2.75, 3.05) is 9.80 Å². The third-order valence-corrected chi connectivity index (χ3v) is 9.52. The van der Waals surface area contributed by atoms with Crippen LogP contribution >= 0.6 is 0 Å². The molecule has 0 atom stereocenters. The van der Waals surface area contributed by atoms with Crippen molar-refractivity contribution >= 4 is 44.6 Å². The Morgan fingerprint density at radius 3 is 2.25 bits per heavy atom. The number of fused-ring (bicyclic) bond motifs is 4. The second kappa shape index (κ2) is 14.0. The first kappa shape index (κ1) is 33.1. The zero-order chi connectivity index (χ0) is 36.3. The number of nitrogens with zero attached hydrogens (tertiary/aromatic N) is 4. The van der Waals surface area contributed by atoms with E-state index in [2.05, 4.69) is 47.9 Å². The number of para-hydroxylation sites is 4. The Labute approximate surface area is 324 Å². The fraction of sp³-hybridized carbons (Fsp3) is 0.0870. The van der Waals surface area contributed by atoms with Gasteiger partial charge in [-0.25, -0.2) is 9.37 Å². The molecule has 3 heterocycles. The van der Waals surface area contributed by atoms with E-state index in [1.807, 2.05) is 128 Å². The van der Waals surface area contributed by atoms with E-state index < -0.39 is 5.89 Å². The fourth-order valence-electron chi connectivity index (χ4n) is 7.11. The van der Waals surface area contributed by atoms with Gasteiger partial charge in [0, 0.05) is 62.7 Å². The molecule has 0 N–H and O–H groups in total. The SMILES string of the molecule is [2H]C(C)(C)c1ccccc1-c1cc(Oc2[c-]c3c(cc2)c2ccccc2n3-c2cc(C)ccn2)[c-]c(N2[CH-]N(c3ccccc3F)c3ccccc32)c1.[Pt]. The van der Waals surface area contributed by atoms with Gasteiger partial charge in [0.05, 0.1) is 0 Å². The van der Waals surface area contributed by atoms with Crippen LogP contribution in [0.3, 0.4) is 0 Å². The molecule has 6 aromatic carbocycles. The van der Waals surface area contributed by atoms with Gasteiger partial charge >= 0.3 is 0 Å². The number of pyridine rings is 1. The topological polar surface area (TPSA) is 33.5 Å². The van der Waals surface area contributed by atoms with Crippen molar-refractivity contribution in [2.45, 2.75) is 26.7 Å². The van der Waals surface area contributed by atoms with Crippen molar-refractivity contribution in [1.29, 1.82) is 0 Å². The summed E-state index contributed by atoms with van der Waals surface area (Å²) in [6, 6.07) is 50.1. The third kappa shape index (κ3) is 6.17. The summed E-state index contributed by atoms with van der Waals surface area (Å²) in [5, 5.41) is 2.14. The van der Waals surface area contributed by atoms with E-state index in [-0.39, 0.29) is 26.9 Å². The molecule has 1 aliphatic rings. The summed E-state index contributed by atoms with van der Waals surface area (Å²) >= 11 is 0. The van der Waals surface area contributed by atoms with Crippen molar-refractivity contribution in [1.82, 2.24) is 9.55 Å². The normalized spacial score (nSPS) is 12.9. The van der Waals surface area contributed by atoms with Crippen LogP contribution in [0.1, 0.15) is 32.2 Å². The monoisotopic (exact) mass is 873 g/mol. The van der Waals surface area contributed by atoms with Crippen LogP contribution in [-0.2, 0) is 21.1 Å². The predicted octanol–water partition coefficient (Wildman–Crippen LogP) is 12.2. The first-order valence-corrected chi connectivity index (χ1v) is 17.2. The van der Waals surface area contributed by atoms with Gasteiger partial charge in [-0.3, -0.25) is 0 Å². The number of benzene rings is 6. The molecule has 1 aliphatic heterocycles. The number of hydrogen-bond donors (Lipinski definition) is 0. The summed E-state index contributed by atoms with van der Waals surface area (Å²) in [4.78, 5) is 8.58. The van der Waals surface area contributed by atoms with E-state index >= 15 is 4.39 Å². The van der Waals surface area contributed by atoms with E-state index in [9.17, 15) is 0 Å². The number of aryl methyl sites for hydroxylation is 1. The Morgan fingerprint density at radius 2 is 1.45 bits per heavy atom. The smallest absolute Gasteiger partial charge is 0.144 e. The molecule has 0 radical (unpaired) electrons. The molecule has 0 bridgehead atoms. The molecule has 8 aromatic rings. The summed E-state index contributed by atoms with van der Waals surface area (Å²) < 4.78 is 33.0. The van der Waals surface area contributed by atoms with Gasteiger partial charge in [0.15, 0.2) is 0 Å². The molecule has 0 saturated carbocycles. The third-order valence-electron chi connectivity index (χ3n) is 9.52. The van der Waals surface area contributed by atoms with Gasteiger partial charge in [0.25, 0.3) is 0 Å². The predicted molar refractivity (Wildman–Crippen MR) is 208 cm³/mol. The van der Waals surface area contributed by atoms with Crippen LogP contribution in [0.5, 0.6) is 11.5 Å². The average Bonchev–Trinajstić information content (AvgIpc) is 3.71. The van der Waals surface area contributed by atoms with Crippen LogP contribution in [0.2, 0.25) is 0 Å². The van der Waals surface area contributed by atoms with Gasteiger partial charge in [-0.2, -0.15) is 6.07 Å². The van der Waals surface area contributed by atoms with Gasteiger partial charge < -0.3 is 19.1 Å². The second-order valence-corrected chi connectivity index (χ2v) is 13.2. The van der Waals surface area contributed by atoms with Crippen molar-refractivity contribution in [3.05, 3.63) is 175 Å². The quantitative estimate of drug-likeness (QED) is 0.149. The van der Waals surface area contributed by atoms with Gasteiger partial charge in [0.1, 0.15) is 11.6 Å². The Morgan fingerprint density at radius 1 is 0.736 bits per heavy atom. The number of rotatable bonds is 7. The molecule has 0 saturated heterocycles. The van der Waals surface area contributed by atoms with Crippen molar-refractivity contribution in [3.63, 3.8) is 0 Å². The minimum Gasteiger partial charge on any atom is -0.509 e. The molecule has 0 unspecified atom stereocenters. The Kier molecular flexibility index (Phi) is 8.77. The maximum atomic E-state index is 15.2. The Balaban J connectivity index is 0.00000413. The first-order valence-electron chi connectivity index (χ1n) is 17.7. The molecular weight excluding hydrogens is 839 g/mol. The second-order valence-electron chi connectivity index (χ2n) is 13.2. The molecule has 53 heavy (non-hydrogen) atoms. The van der Waals surface area contributed by atoms with Crippen molar-refractivity contribution in [3.8, 4) is 28.4 Å². The summed E-state index contributed by atoms with van der Waals surface area (Å²) in [5.41, 5.74) is 8.48. The molecule has 7 heteroatoms. The van der Waals surface area contributed by atoms with E-state index in [4.69, 9.17) is 11.1 Å². The molecule has 5 nitrogen and oxygen atoms in total. The molecule has 9 rings (SSSR count). The van der Waals surface area contributed by atoms with Gasteiger partial charge in [-0.15, -0.1) is 53.6 Å². The first-order chi connectivity index (χ1) is 25.7. The number of aromatic nitrogens is 2.